The molecule has 16 heavy (non-hydrogen) atoms. The molecule has 0 aliphatic heterocycles. The van der Waals surface area contributed by atoms with Crippen LogP contribution in [-0.4, -0.2) is 36.9 Å². The predicted octanol–water partition coefficient (Wildman–Crippen LogP) is -0.537. The molecule has 0 saturated heterocycles. The Morgan fingerprint density at radius 1 is 1.50 bits per heavy atom. The summed E-state index contributed by atoms with van der Waals surface area (Å²) in [6, 6.07) is 4.51. The first-order chi connectivity index (χ1) is 7.54. The van der Waals surface area contributed by atoms with E-state index in [9.17, 15) is 4.79 Å². The van der Waals surface area contributed by atoms with E-state index in [0.29, 0.717) is 10.0 Å². The Kier molecular flexibility index (Phi) is 4.94. The molecule has 0 heterocycles. The van der Waals surface area contributed by atoms with Crippen LogP contribution < -0.4 is 10.8 Å². The molecule has 1 amide bonds. The van der Waals surface area contributed by atoms with Crippen LogP contribution >= 0.6 is 15.9 Å². The zero-order valence-electron chi connectivity index (χ0n) is 8.61. The normalized spacial score (nSPS) is 10.0. The number of rotatable bonds is 4. The highest BCUT2D eigenvalue weighted by molar-refractivity contribution is 9.10. The molecule has 0 aliphatic carbocycles. The summed E-state index contributed by atoms with van der Waals surface area (Å²) in [4.78, 5) is 11.6. The third kappa shape index (κ3) is 3.60. The number of carbonyl (C=O) groups excluding carboxylic acids is 1. The van der Waals surface area contributed by atoms with Gasteiger partial charge in [-0.2, -0.15) is 0 Å². The fourth-order valence-electron chi connectivity index (χ4n) is 1.13. The summed E-state index contributed by atoms with van der Waals surface area (Å²) in [5.74, 6) is -0.343. The van der Waals surface area contributed by atoms with Gasteiger partial charge in [-0.25, -0.2) is 0 Å². The Balaban J connectivity index is 2.91. The summed E-state index contributed by atoms with van der Waals surface area (Å²) in [5, 5.41) is 20.5. The van der Waals surface area contributed by atoms with E-state index in [1.165, 1.54) is 19.2 Å². The monoisotopic (exact) mass is 287 g/mol. The van der Waals surface area contributed by atoms with Crippen molar-refractivity contribution in [1.82, 2.24) is 5.32 Å². The number of methoxy groups -OCH3 is 1. The summed E-state index contributed by atoms with van der Waals surface area (Å²) < 4.78 is 5.30. The minimum atomic E-state index is -1.61. The SMILES string of the molecule is COCNC(=O)c1cc(Br)cc(B(O)O)c1. The van der Waals surface area contributed by atoms with Gasteiger partial charge >= 0.3 is 7.12 Å². The number of hydrogen-bond donors (Lipinski definition) is 3. The number of carbonyl (C=O) groups is 1. The van der Waals surface area contributed by atoms with Crippen molar-refractivity contribution in [2.24, 2.45) is 0 Å². The van der Waals surface area contributed by atoms with Crippen LogP contribution in [0.4, 0.5) is 0 Å². The van der Waals surface area contributed by atoms with Crippen LogP contribution in [0.3, 0.4) is 0 Å². The summed E-state index contributed by atoms with van der Waals surface area (Å²) in [6.45, 7) is 0.0996. The summed E-state index contributed by atoms with van der Waals surface area (Å²) in [6.07, 6.45) is 0. The molecule has 1 aromatic rings. The van der Waals surface area contributed by atoms with Crippen molar-refractivity contribution in [3.05, 3.63) is 28.2 Å². The topological polar surface area (TPSA) is 78.8 Å². The predicted molar refractivity (Wildman–Crippen MR) is 63.3 cm³/mol. The molecule has 0 spiro atoms. The van der Waals surface area contributed by atoms with Crippen LogP contribution in [-0.2, 0) is 4.74 Å². The Morgan fingerprint density at radius 3 is 2.75 bits per heavy atom. The average molecular weight is 288 g/mol. The number of hydrogen-bond acceptors (Lipinski definition) is 4. The Labute approximate surface area is 102 Å². The maximum atomic E-state index is 11.6. The van der Waals surface area contributed by atoms with E-state index in [4.69, 9.17) is 14.8 Å². The smallest absolute Gasteiger partial charge is 0.423 e. The number of benzene rings is 1. The summed E-state index contributed by atoms with van der Waals surface area (Å²) in [7, 11) is -0.143. The Morgan fingerprint density at radius 2 is 2.19 bits per heavy atom. The second kappa shape index (κ2) is 6.00. The van der Waals surface area contributed by atoms with Crippen molar-refractivity contribution < 1.29 is 19.6 Å². The van der Waals surface area contributed by atoms with Crippen molar-refractivity contribution in [3.63, 3.8) is 0 Å². The highest BCUT2D eigenvalue weighted by atomic mass is 79.9. The molecule has 1 rings (SSSR count). The van der Waals surface area contributed by atoms with Gasteiger partial charge in [0.2, 0.25) is 0 Å². The first-order valence-corrected chi connectivity index (χ1v) is 5.27. The molecule has 86 valence electrons. The van der Waals surface area contributed by atoms with Crippen molar-refractivity contribution in [1.29, 1.82) is 0 Å². The van der Waals surface area contributed by atoms with E-state index in [0.717, 1.165) is 0 Å². The molecule has 0 aliphatic rings. The molecule has 0 aromatic heterocycles. The largest absolute Gasteiger partial charge is 0.488 e. The molecule has 1 aromatic carbocycles. The maximum Gasteiger partial charge on any atom is 0.488 e. The number of nitrogens with one attached hydrogen (secondary N) is 1. The molecule has 0 fully saturated rings. The third-order valence-electron chi connectivity index (χ3n) is 1.86. The molecule has 3 N–H and O–H groups in total. The van der Waals surface area contributed by atoms with Gasteiger partial charge in [0.05, 0.1) is 0 Å². The number of halogens is 1. The van der Waals surface area contributed by atoms with E-state index in [2.05, 4.69) is 21.2 Å². The van der Waals surface area contributed by atoms with Gasteiger partial charge < -0.3 is 20.1 Å². The minimum Gasteiger partial charge on any atom is -0.423 e. The third-order valence-corrected chi connectivity index (χ3v) is 2.32. The number of amides is 1. The summed E-state index contributed by atoms with van der Waals surface area (Å²) >= 11 is 3.18. The fourth-order valence-corrected chi connectivity index (χ4v) is 1.64. The quantitative estimate of drug-likeness (QED) is 0.514. The lowest BCUT2D eigenvalue weighted by Crippen LogP contribution is -2.32. The van der Waals surface area contributed by atoms with Gasteiger partial charge in [0.15, 0.2) is 0 Å². The van der Waals surface area contributed by atoms with Crippen LogP contribution in [0.2, 0.25) is 0 Å². The van der Waals surface area contributed by atoms with Crippen LogP contribution in [0.15, 0.2) is 22.7 Å². The lowest BCUT2D eigenvalue weighted by atomic mass is 9.79. The molecular formula is C9H11BBrNO4. The van der Waals surface area contributed by atoms with E-state index in [-0.39, 0.29) is 18.1 Å². The molecule has 0 atom stereocenters. The first-order valence-electron chi connectivity index (χ1n) is 4.48. The van der Waals surface area contributed by atoms with Crippen LogP contribution in [0.5, 0.6) is 0 Å². The van der Waals surface area contributed by atoms with Gasteiger partial charge in [-0.15, -0.1) is 0 Å². The molecule has 0 bridgehead atoms. The van der Waals surface area contributed by atoms with Crippen LogP contribution in [0.25, 0.3) is 0 Å². The lowest BCUT2D eigenvalue weighted by molar-refractivity contribution is 0.0872. The second-order valence-corrected chi connectivity index (χ2v) is 4.00. The van der Waals surface area contributed by atoms with Gasteiger partial charge in [0.25, 0.3) is 5.91 Å². The van der Waals surface area contributed by atoms with Gasteiger partial charge in [0.1, 0.15) is 6.73 Å². The van der Waals surface area contributed by atoms with Gasteiger partial charge in [-0.1, -0.05) is 15.9 Å². The Hall–Kier alpha value is -0.885. The molecule has 0 radical (unpaired) electrons. The minimum absolute atomic E-state index is 0.0996. The zero-order valence-corrected chi connectivity index (χ0v) is 10.2. The van der Waals surface area contributed by atoms with Gasteiger partial charge in [-0.3, -0.25) is 4.79 Å². The molecular weight excluding hydrogens is 277 g/mol. The van der Waals surface area contributed by atoms with Crippen molar-refractivity contribution in [3.8, 4) is 0 Å². The van der Waals surface area contributed by atoms with Gasteiger partial charge in [0, 0.05) is 17.1 Å². The molecule has 5 nitrogen and oxygen atoms in total. The maximum absolute atomic E-state index is 11.6. The van der Waals surface area contributed by atoms with E-state index in [1.807, 2.05) is 0 Å². The molecule has 7 heteroatoms. The number of ether oxygens (including phenoxy) is 1. The second-order valence-electron chi connectivity index (χ2n) is 3.09. The van der Waals surface area contributed by atoms with E-state index >= 15 is 0 Å². The molecule has 0 saturated carbocycles. The van der Waals surface area contributed by atoms with Crippen molar-refractivity contribution in [2.45, 2.75) is 0 Å². The van der Waals surface area contributed by atoms with Crippen LogP contribution in [0.1, 0.15) is 10.4 Å². The van der Waals surface area contributed by atoms with E-state index < -0.39 is 7.12 Å². The zero-order chi connectivity index (χ0) is 12.1. The van der Waals surface area contributed by atoms with Crippen molar-refractivity contribution >= 4 is 34.4 Å². The van der Waals surface area contributed by atoms with Crippen molar-refractivity contribution in [2.75, 3.05) is 13.8 Å². The fraction of sp³-hybridized carbons (Fsp3) is 0.222. The van der Waals surface area contributed by atoms with Gasteiger partial charge in [-0.05, 0) is 23.7 Å². The van der Waals surface area contributed by atoms with E-state index in [1.54, 1.807) is 6.07 Å². The standard InChI is InChI=1S/C9H11BBrNO4/c1-16-5-12-9(13)6-2-7(10(14)15)4-8(11)3-6/h2-4,14-15H,5H2,1H3,(H,12,13). The highest BCUT2D eigenvalue weighted by Gasteiger charge is 2.15. The highest BCUT2D eigenvalue weighted by Crippen LogP contribution is 2.10. The summed E-state index contributed by atoms with van der Waals surface area (Å²) in [5.41, 5.74) is 0.575. The average Bonchev–Trinajstić information content (AvgIpc) is 2.24. The first kappa shape index (κ1) is 13.2. The lowest BCUT2D eigenvalue weighted by Gasteiger charge is -2.07. The Bertz CT molecular complexity index is 386. The molecule has 0 unspecified atom stereocenters. The van der Waals surface area contributed by atoms with Crippen LogP contribution in [0, 0.1) is 0 Å².